The number of carboxylic acids is 1. The molecule has 0 amide bonds. The number of nitro benzene ring substituents is 1. The van der Waals surface area contributed by atoms with Gasteiger partial charge in [-0.1, -0.05) is 19.9 Å². The molecule has 0 bridgehead atoms. The van der Waals surface area contributed by atoms with Gasteiger partial charge in [-0.2, -0.15) is 0 Å². The van der Waals surface area contributed by atoms with Crippen molar-refractivity contribution in [2.45, 2.75) is 25.7 Å². The van der Waals surface area contributed by atoms with Crippen molar-refractivity contribution in [3.63, 3.8) is 0 Å². The summed E-state index contributed by atoms with van der Waals surface area (Å²) in [4.78, 5) is 33.2. The number of nitrogens with zero attached hydrogens (tertiary/aromatic N) is 1. The molecule has 0 heterocycles. The smallest absolute Gasteiger partial charge is 0.338 e. The Morgan fingerprint density at radius 2 is 2.00 bits per heavy atom. The Hall–Kier alpha value is -2.44. The summed E-state index contributed by atoms with van der Waals surface area (Å²) in [7, 11) is 1.16. The maximum atomic E-state index is 11.7. The molecule has 0 aliphatic carbocycles. The standard InChI is InChI=1S/C13H15NO6/c1-13(2,7-10(15)16)11-8(12(17)20-3)5-4-6-9(11)14(18)19/h4-6H,7H2,1-3H3,(H,15,16). The molecule has 0 atom stereocenters. The predicted octanol–water partition coefficient (Wildman–Crippen LogP) is 2.13. The molecular weight excluding hydrogens is 266 g/mol. The average molecular weight is 281 g/mol. The first-order valence-corrected chi connectivity index (χ1v) is 5.78. The summed E-state index contributed by atoms with van der Waals surface area (Å²) in [6.07, 6.45) is -0.345. The Bertz CT molecular complexity index is 564. The Labute approximate surface area is 115 Å². The van der Waals surface area contributed by atoms with E-state index in [9.17, 15) is 19.7 Å². The van der Waals surface area contributed by atoms with Gasteiger partial charge in [0.15, 0.2) is 0 Å². The van der Waals surface area contributed by atoms with Gasteiger partial charge in [0.1, 0.15) is 0 Å². The van der Waals surface area contributed by atoms with E-state index in [1.807, 2.05) is 0 Å². The first kappa shape index (κ1) is 15.6. The molecule has 1 aromatic rings. The topological polar surface area (TPSA) is 107 Å². The highest BCUT2D eigenvalue weighted by Crippen LogP contribution is 2.37. The number of benzene rings is 1. The Kier molecular flexibility index (Phi) is 4.44. The molecule has 0 fully saturated rings. The van der Waals surface area contributed by atoms with Crippen LogP contribution in [0.3, 0.4) is 0 Å². The van der Waals surface area contributed by atoms with Crippen LogP contribution in [0.15, 0.2) is 18.2 Å². The second-order valence-corrected chi connectivity index (χ2v) is 4.90. The quantitative estimate of drug-likeness (QED) is 0.503. The van der Waals surface area contributed by atoms with Crippen LogP contribution in [-0.4, -0.2) is 29.1 Å². The number of carboxylic acid groups (broad SMARTS) is 1. The molecule has 0 aliphatic rings. The number of hydrogen-bond donors (Lipinski definition) is 1. The van der Waals surface area contributed by atoms with Gasteiger partial charge in [-0.25, -0.2) is 4.79 Å². The highest BCUT2D eigenvalue weighted by atomic mass is 16.6. The van der Waals surface area contributed by atoms with E-state index in [-0.39, 0.29) is 23.2 Å². The average Bonchev–Trinajstić information content (AvgIpc) is 2.35. The summed E-state index contributed by atoms with van der Waals surface area (Å²) in [5, 5.41) is 20.1. The van der Waals surface area contributed by atoms with E-state index in [4.69, 9.17) is 5.11 Å². The Balaban J connectivity index is 3.58. The maximum absolute atomic E-state index is 11.7. The van der Waals surface area contributed by atoms with E-state index in [1.165, 1.54) is 32.0 Å². The van der Waals surface area contributed by atoms with E-state index in [0.29, 0.717) is 0 Å². The molecule has 1 N–H and O–H groups in total. The lowest BCUT2D eigenvalue weighted by molar-refractivity contribution is -0.386. The first-order chi connectivity index (χ1) is 9.20. The summed E-state index contributed by atoms with van der Waals surface area (Å²) in [6, 6.07) is 3.99. The lowest BCUT2D eigenvalue weighted by Gasteiger charge is -2.24. The molecule has 0 saturated carbocycles. The minimum Gasteiger partial charge on any atom is -0.481 e. The molecule has 0 aliphatic heterocycles. The van der Waals surface area contributed by atoms with Crippen molar-refractivity contribution in [1.82, 2.24) is 0 Å². The Morgan fingerprint density at radius 1 is 1.40 bits per heavy atom. The van der Waals surface area contributed by atoms with Crippen molar-refractivity contribution < 1.29 is 24.4 Å². The largest absolute Gasteiger partial charge is 0.481 e. The lowest BCUT2D eigenvalue weighted by atomic mass is 9.78. The van der Waals surface area contributed by atoms with E-state index in [0.717, 1.165) is 7.11 Å². The van der Waals surface area contributed by atoms with Gasteiger partial charge >= 0.3 is 11.9 Å². The number of nitro groups is 1. The third kappa shape index (κ3) is 3.11. The van der Waals surface area contributed by atoms with Gasteiger partial charge < -0.3 is 9.84 Å². The third-order valence-electron chi connectivity index (χ3n) is 2.91. The van der Waals surface area contributed by atoms with Crippen LogP contribution in [0.1, 0.15) is 36.2 Å². The lowest BCUT2D eigenvalue weighted by Crippen LogP contribution is -2.26. The van der Waals surface area contributed by atoms with Crippen LogP contribution in [0.2, 0.25) is 0 Å². The molecule has 0 spiro atoms. The fraction of sp³-hybridized carbons (Fsp3) is 0.385. The van der Waals surface area contributed by atoms with E-state index >= 15 is 0 Å². The number of rotatable bonds is 5. The van der Waals surface area contributed by atoms with E-state index in [1.54, 1.807) is 0 Å². The van der Waals surface area contributed by atoms with Gasteiger partial charge in [0.05, 0.1) is 29.6 Å². The fourth-order valence-corrected chi connectivity index (χ4v) is 2.15. The third-order valence-corrected chi connectivity index (χ3v) is 2.91. The van der Waals surface area contributed by atoms with Gasteiger partial charge in [0.2, 0.25) is 0 Å². The molecule has 7 heteroatoms. The minimum atomic E-state index is -1.11. The molecule has 20 heavy (non-hydrogen) atoms. The number of carbonyl (C=O) groups excluding carboxylic acids is 1. The number of carbonyl (C=O) groups is 2. The maximum Gasteiger partial charge on any atom is 0.338 e. The van der Waals surface area contributed by atoms with Crippen LogP contribution in [0.4, 0.5) is 5.69 Å². The van der Waals surface area contributed by atoms with Crippen LogP contribution in [-0.2, 0) is 14.9 Å². The van der Waals surface area contributed by atoms with Crippen LogP contribution in [0, 0.1) is 10.1 Å². The molecule has 0 aromatic heterocycles. The highest BCUT2D eigenvalue weighted by Gasteiger charge is 2.35. The molecule has 1 aromatic carbocycles. The summed E-state index contributed by atoms with van der Waals surface area (Å²) >= 11 is 0. The van der Waals surface area contributed by atoms with Gasteiger partial charge in [-0.15, -0.1) is 0 Å². The number of methoxy groups -OCH3 is 1. The highest BCUT2D eigenvalue weighted by molar-refractivity contribution is 5.93. The molecule has 0 saturated heterocycles. The van der Waals surface area contributed by atoms with Gasteiger partial charge in [-0.05, 0) is 6.07 Å². The van der Waals surface area contributed by atoms with Crippen molar-refractivity contribution in [2.75, 3.05) is 7.11 Å². The summed E-state index contributed by atoms with van der Waals surface area (Å²) in [5.41, 5.74) is -1.30. The molecule has 0 unspecified atom stereocenters. The summed E-state index contributed by atoms with van der Waals surface area (Å²) in [5.74, 6) is -1.84. The number of hydrogen-bond acceptors (Lipinski definition) is 5. The van der Waals surface area contributed by atoms with Crippen LogP contribution >= 0.6 is 0 Å². The molecule has 108 valence electrons. The SMILES string of the molecule is COC(=O)c1cccc([N+](=O)[O-])c1C(C)(C)CC(=O)O. The Morgan fingerprint density at radius 3 is 2.45 bits per heavy atom. The zero-order valence-corrected chi connectivity index (χ0v) is 11.4. The molecule has 7 nitrogen and oxygen atoms in total. The number of ether oxygens (including phenoxy) is 1. The van der Waals surface area contributed by atoms with Crippen molar-refractivity contribution in [3.8, 4) is 0 Å². The van der Waals surface area contributed by atoms with Crippen molar-refractivity contribution in [3.05, 3.63) is 39.4 Å². The molecular formula is C13H15NO6. The summed E-state index contributed by atoms with van der Waals surface area (Å²) < 4.78 is 4.60. The van der Waals surface area contributed by atoms with Gasteiger partial charge in [-0.3, -0.25) is 14.9 Å². The monoisotopic (exact) mass is 281 g/mol. The first-order valence-electron chi connectivity index (χ1n) is 5.78. The van der Waals surface area contributed by atoms with E-state index in [2.05, 4.69) is 4.74 Å². The predicted molar refractivity (Wildman–Crippen MR) is 69.7 cm³/mol. The van der Waals surface area contributed by atoms with E-state index < -0.39 is 22.3 Å². The summed E-state index contributed by atoms with van der Waals surface area (Å²) in [6.45, 7) is 3.08. The van der Waals surface area contributed by atoms with Crippen molar-refractivity contribution in [1.29, 1.82) is 0 Å². The second kappa shape index (κ2) is 5.68. The zero-order valence-electron chi connectivity index (χ0n) is 11.4. The normalized spacial score (nSPS) is 10.9. The number of esters is 1. The van der Waals surface area contributed by atoms with Crippen molar-refractivity contribution >= 4 is 17.6 Å². The molecule has 0 radical (unpaired) electrons. The minimum absolute atomic E-state index is 0.00736. The van der Waals surface area contributed by atoms with Crippen LogP contribution < -0.4 is 0 Å². The number of aliphatic carboxylic acids is 1. The van der Waals surface area contributed by atoms with Crippen LogP contribution in [0.5, 0.6) is 0 Å². The van der Waals surface area contributed by atoms with Crippen molar-refractivity contribution in [2.24, 2.45) is 0 Å². The molecule has 1 rings (SSSR count). The van der Waals surface area contributed by atoms with Crippen LogP contribution in [0.25, 0.3) is 0 Å². The van der Waals surface area contributed by atoms with Gasteiger partial charge in [0.25, 0.3) is 5.69 Å². The van der Waals surface area contributed by atoms with Gasteiger partial charge in [0, 0.05) is 11.5 Å². The second-order valence-electron chi connectivity index (χ2n) is 4.90. The zero-order chi connectivity index (χ0) is 15.5. The fourth-order valence-electron chi connectivity index (χ4n) is 2.15.